The smallest absolute Gasteiger partial charge is 0.129 e. The lowest BCUT2D eigenvalue weighted by molar-refractivity contribution is 0.407. The van der Waals surface area contributed by atoms with Gasteiger partial charge >= 0.3 is 0 Å². The third-order valence-corrected chi connectivity index (χ3v) is 5.52. The summed E-state index contributed by atoms with van der Waals surface area (Å²) in [5.74, 6) is 3.17. The van der Waals surface area contributed by atoms with Gasteiger partial charge in [-0.2, -0.15) is 11.8 Å². The van der Waals surface area contributed by atoms with E-state index in [-0.39, 0.29) is 5.92 Å². The minimum absolute atomic E-state index is 0.286. The molecule has 0 aliphatic rings. The molecule has 2 heterocycles. The van der Waals surface area contributed by atoms with Crippen molar-refractivity contribution >= 4 is 17.6 Å². The largest absolute Gasteiger partial charge is 0.496 e. The van der Waals surface area contributed by atoms with Gasteiger partial charge in [0.1, 0.15) is 17.9 Å². The van der Waals surface area contributed by atoms with Crippen molar-refractivity contribution in [1.29, 1.82) is 0 Å². The fraction of sp³-hybridized carbons (Fsp3) is 0.348. The molecular formula is C23H28N4OS. The normalized spacial score (nSPS) is 11.8. The average Bonchev–Trinajstić information content (AvgIpc) is 2.78. The monoisotopic (exact) mass is 408 g/mol. The Kier molecular flexibility index (Phi) is 7.87. The quantitative estimate of drug-likeness (QED) is 0.473. The topological polar surface area (TPSA) is 59.9 Å². The van der Waals surface area contributed by atoms with Crippen molar-refractivity contribution in [3.63, 3.8) is 0 Å². The van der Waals surface area contributed by atoms with Crippen LogP contribution in [0.5, 0.6) is 5.75 Å². The number of aryl methyl sites for hydroxylation is 1. The van der Waals surface area contributed by atoms with E-state index in [1.807, 2.05) is 48.3 Å². The van der Waals surface area contributed by atoms with Gasteiger partial charge in [-0.15, -0.1) is 0 Å². The highest BCUT2D eigenvalue weighted by Crippen LogP contribution is 2.26. The van der Waals surface area contributed by atoms with Crippen LogP contribution in [0.15, 0.2) is 55.0 Å². The van der Waals surface area contributed by atoms with Gasteiger partial charge in [-0.05, 0) is 48.6 Å². The van der Waals surface area contributed by atoms with E-state index in [1.54, 1.807) is 13.4 Å². The van der Waals surface area contributed by atoms with Gasteiger partial charge in [-0.3, -0.25) is 4.98 Å². The summed E-state index contributed by atoms with van der Waals surface area (Å²) < 4.78 is 5.48. The van der Waals surface area contributed by atoms with Gasteiger partial charge in [0.2, 0.25) is 0 Å². The van der Waals surface area contributed by atoms with Crippen molar-refractivity contribution in [2.24, 2.45) is 0 Å². The van der Waals surface area contributed by atoms with Crippen LogP contribution in [-0.4, -0.2) is 40.6 Å². The molecule has 1 aromatic carbocycles. The van der Waals surface area contributed by atoms with Crippen LogP contribution in [-0.2, 0) is 6.42 Å². The van der Waals surface area contributed by atoms with Crippen molar-refractivity contribution in [2.75, 3.05) is 31.0 Å². The Bertz CT molecular complexity index is 919. The maximum absolute atomic E-state index is 5.48. The molecule has 0 saturated carbocycles. The molecule has 5 nitrogen and oxygen atoms in total. The lowest BCUT2D eigenvalue weighted by Gasteiger charge is -2.16. The van der Waals surface area contributed by atoms with Gasteiger partial charge < -0.3 is 10.1 Å². The maximum atomic E-state index is 5.48. The molecule has 0 saturated heterocycles. The van der Waals surface area contributed by atoms with E-state index in [1.165, 1.54) is 5.56 Å². The van der Waals surface area contributed by atoms with Gasteiger partial charge in [0.05, 0.1) is 12.8 Å². The second-order valence-corrected chi connectivity index (χ2v) is 7.93. The van der Waals surface area contributed by atoms with Crippen LogP contribution in [0, 0.1) is 0 Å². The SMILES string of the molecule is COc1ccccc1[C@H](C)CNc1cc(-c2ccnc(CCCSC)c2)ncn1. The fourth-order valence-electron chi connectivity index (χ4n) is 3.22. The standard InChI is InChI=1S/C23H28N4OS/c1-17(20-8-4-5-9-22(20)28-2)15-25-23-14-21(26-16-27-23)18-10-11-24-19(13-18)7-6-12-29-3/h4-5,8-11,13-14,16-17H,6-7,12,15H2,1-3H3,(H,25,26,27)/t17-/m1/s1. The first-order valence-corrected chi connectivity index (χ1v) is 11.2. The lowest BCUT2D eigenvalue weighted by atomic mass is 10.00. The highest BCUT2D eigenvalue weighted by atomic mass is 32.2. The molecule has 29 heavy (non-hydrogen) atoms. The van der Waals surface area contributed by atoms with Crippen LogP contribution >= 0.6 is 11.8 Å². The molecule has 3 aromatic rings. The Balaban J connectivity index is 1.67. The number of nitrogens with zero attached hydrogens (tertiary/aromatic N) is 3. The number of para-hydroxylation sites is 1. The molecule has 0 spiro atoms. The van der Waals surface area contributed by atoms with E-state index in [9.17, 15) is 0 Å². The molecule has 2 aromatic heterocycles. The summed E-state index contributed by atoms with van der Waals surface area (Å²) in [6.45, 7) is 2.93. The fourth-order valence-corrected chi connectivity index (χ4v) is 3.66. The summed E-state index contributed by atoms with van der Waals surface area (Å²) in [5, 5.41) is 3.44. The van der Waals surface area contributed by atoms with Gasteiger partial charge in [-0.25, -0.2) is 9.97 Å². The first-order valence-electron chi connectivity index (χ1n) is 9.84. The molecule has 1 N–H and O–H groups in total. The Morgan fingerprint density at radius 2 is 1.97 bits per heavy atom. The van der Waals surface area contributed by atoms with Crippen molar-refractivity contribution in [1.82, 2.24) is 15.0 Å². The Morgan fingerprint density at radius 3 is 2.79 bits per heavy atom. The van der Waals surface area contributed by atoms with E-state index in [2.05, 4.69) is 45.6 Å². The Labute approximate surface area is 177 Å². The van der Waals surface area contributed by atoms with Crippen molar-refractivity contribution in [3.8, 4) is 17.0 Å². The number of benzene rings is 1. The Morgan fingerprint density at radius 1 is 1.10 bits per heavy atom. The summed E-state index contributed by atoms with van der Waals surface area (Å²) in [5.41, 5.74) is 4.26. The van der Waals surface area contributed by atoms with E-state index in [0.29, 0.717) is 0 Å². The van der Waals surface area contributed by atoms with Gasteiger partial charge in [0.15, 0.2) is 0 Å². The maximum Gasteiger partial charge on any atom is 0.129 e. The highest BCUT2D eigenvalue weighted by molar-refractivity contribution is 7.98. The predicted molar refractivity (Wildman–Crippen MR) is 122 cm³/mol. The number of anilines is 1. The molecule has 0 bridgehead atoms. The van der Waals surface area contributed by atoms with Crippen LogP contribution in [0.3, 0.4) is 0 Å². The molecule has 6 heteroatoms. The minimum Gasteiger partial charge on any atom is -0.496 e. The number of nitrogens with one attached hydrogen (secondary N) is 1. The van der Waals surface area contributed by atoms with Crippen LogP contribution < -0.4 is 10.1 Å². The molecular weight excluding hydrogens is 380 g/mol. The summed E-state index contributed by atoms with van der Waals surface area (Å²) in [6, 6.07) is 14.3. The first-order chi connectivity index (χ1) is 14.2. The number of aromatic nitrogens is 3. The zero-order valence-electron chi connectivity index (χ0n) is 17.3. The molecule has 3 rings (SSSR count). The molecule has 0 amide bonds. The summed E-state index contributed by atoms with van der Waals surface area (Å²) in [6.07, 6.45) is 7.73. The average molecular weight is 409 g/mol. The van der Waals surface area contributed by atoms with Crippen LogP contribution in [0.1, 0.15) is 30.5 Å². The van der Waals surface area contributed by atoms with E-state index >= 15 is 0 Å². The number of methoxy groups -OCH3 is 1. The number of pyridine rings is 1. The third kappa shape index (κ3) is 5.94. The molecule has 0 aliphatic heterocycles. The molecule has 0 aliphatic carbocycles. The van der Waals surface area contributed by atoms with Crippen molar-refractivity contribution in [3.05, 3.63) is 66.2 Å². The predicted octanol–water partition coefficient (Wildman–Crippen LogP) is 5.06. The molecule has 0 fully saturated rings. The van der Waals surface area contributed by atoms with Crippen LogP contribution in [0.4, 0.5) is 5.82 Å². The number of thioether (sulfide) groups is 1. The zero-order valence-corrected chi connectivity index (χ0v) is 18.1. The zero-order chi connectivity index (χ0) is 20.5. The van der Waals surface area contributed by atoms with Gasteiger partial charge in [0, 0.05) is 36.0 Å². The first kappa shape index (κ1) is 21.1. The highest BCUT2D eigenvalue weighted by Gasteiger charge is 2.11. The molecule has 0 unspecified atom stereocenters. The summed E-state index contributed by atoms with van der Waals surface area (Å²) in [7, 11) is 1.71. The molecule has 0 radical (unpaired) electrons. The van der Waals surface area contributed by atoms with E-state index < -0.39 is 0 Å². The third-order valence-electron chi connectivity index (χ3n) is 4.82. The number of hydrogen-bond donors (Lipinski definition) is 1. The minimum atomic E-state index is 0.286. The van der Waals surface area contributed by atoms with Crippen LogP contribution in [0.25, 0.3) is 11.3 Å². The van der Waals surface area contributed by atoms with E-state index in [4.69, 9.17) is 4.74 Å². The second-order valence-electron chi connectivity index (χ2n) is 6.94. The summed E-state index contributed by atoms with van der Waals surface area (Å²) >= 11 is 1.87. The van der Waals surface area contributed by atoms with Gasteiger partial charge in [0.25, 0.3) is 0 Å². The van der Waals surface area contributed by atoms with Crippen molar-refractivity contribution in [2.45, 2.75) is 25.7 Å². The molecule has 152 valence electrons. The lowest BCUT2D eigenvalue weighted by Crippen LogP contribution is -2.12. The van der Waals surface area contributed by atoms with Gasteiger partial charge in [-0.1, -0.05) is 25.1 Å². The Hall–Kier alpha value is -2.60. The molecule has 1 atom stereocenters. The van der Waals surface area contributed by atoms with Crippen molar-refractivity contribution < 1.29 is 4.74 Å². The summed E-state index contributed by atoms with van der Waals surface area (Å²) in [4.78, 5) is 13.3. The van der Waals surface area contributed by atoms with Crippen LogP contribution in [0.2, 0.25) is 0 Å². The number of rotatable bonds is 10. The number of hydrogen-bond acceptors (Lipinski definition) is 6. The number of ether oxygens (including phenoxy) is 1. The second kappa shape index (κ2) is 10.8. The van der Waals surface area contributed by atoms with E-state index in [0.717, 1.165) is 53.7 Å².